The third-order valence-electron chi connectivity index (χ3n) is 3.85. The van der Waals surface area contributed by atoms with Gasteiger partial charge in [-0.15, -0.1) is 0 Å². The van der Waals surface area contributed by atoms with Crippen LogP contribution in [-0.2, 0) is 10.0 Å². The molecule has 0 radical (unpaired) electrons. The maximum Gasteiger partial charge on any atom is 0.244 e. The zero-order valence-electron chi connectivity index (χ0n) is 11.8. The largest absolute Gasteiger partial charge is 0.326 e. The smallest absolute Gasteiger partial charge is 0.244 e. The van der Waals surface area contributed by atoms with E-state index in [4.69, 9.17) is 5.73 Å². The Balaban J connectivity index is 2.45. The number of benzene rings is 1. The predicted octanol–water partition coefficient (Wildman–Crippen LogP) is 2.65. The standard InChI is InChI=1S/C14H21BrN2O2S/c1-10-6-5-8-13(14(10)15)20(18,19)17-9-4-3-7-12(17)11(2)16/h5-6,8,11-12H,3-4,7,9,16H2,1-2H3. The minimum Gasteiger partial charge on any atom is -0.326 e. The summed E-state index contributed by atoms with van der Waals surface area (Å²) in [5.41, 5.74) is 6.90. The summed E-state index contributed by atoms with van der Waals surface area (Å²) in [5, 5.41) is 0. The molecule has 0 spiro atoms. The molecule has 2 N–H and O–H groups in total. The summed E-state index contributed by atoms with van der Waals surface area (Å²) >= 11 is 3.40. The van der Waals surface area contributed by atoms with Crippen molar-refractivity contribution < 1.29 is 8.42 Å². The highest BCUT2D eigenvalue weighted by Crippen LogP contribution is 2.32. The van der Waals surface area contributed by atoms with Gasteiger partial charge in [0, 0.05) is 23.1 Å². The minimum absolute atomic E-state index is 0.110. The van der Waals surface area contributed by atoms with E-state index in [0.717, 1.165) is 24.8 Å². The van der Waals surface area contributed by atoms with Gasteiger partial charge in [0.25, 0.3) is 0 Å². The summed E-state index contributed by atoms with van der Waals surface area (Å²) in [6.07, 6.45) is 2.76. The second-order valence-corrected chi connectivity index (χ2v) is 8.08. The van der Waals surface area contributed by atoms with Crippen LogP contribution in [0.4, 0.5) is 0 Å². The highest BCUT2D eigenvalue weighted by molar-refractivity contribution is 9.10. The van der Waals surface area contributed by atoms with Gasteiger partial charge in [-0.25, -0.2) is 8.42 Å². The van der Waals surface area contributed by atoms with E-state index in [0.29, 0.717) is 15.9 Å². The lowest BCUT2D eigenvalue weighted by Crippen LogP contribution is -2.51. The number of aryl methyl sites for hydroxylation is 1. The maximum absolute atomic E-state index is 12.9. The molecule has 20 heavy (non-hydrogen) atoms. The highest BCUT2D eigenvalue weighted by Gasteiger charge is 2.36. The van der Waals surface area contributed by atoms with Crippen LogP contribution in [0.5, 0.6) is 0 Å². The van der Waals surface area contributed by atoms with Gasteiger partial charge in [-0.05, 0) is 54.2 Å². The van der Waals surface area contributed by atoms with E-state index >= 15 is 0 Å². The molecule has 6 heteroatoms. The van der Waals surface area contributed by atoms with Gasteiger partial charge in [-0.2, -0.15) is 4.31 Å². The van der Waals surface area contributed by atoms with Crippen molar-refractivity contribution in [1.82, 2.24) is 4.31 Å². The molecule has 1 aliphatic heterocycles. The molecule has 1 aliphatic rings. The highest BCUT2D eigenvalue weighted by atomic mass is 79.9. The van der Waals surface area contributed by atoms with Crippen molar-refractivity contribution in [2.45, 2.75) is 50.1 Å². The number of rotatable bonds is 3. The maximum atomic E-state index is 12.9. The lowest BCUT2D eigenvalue weighted by molar-refractivity contribution is 0.227. The summed E-state index contributed by atoms with van der Waals surface area (Å²) in [6.45, 7) is 4.32. The summed E-state index contributed by atoms with van der Waals surface area (Å²) in [4.78, 5) is 0.338. The molecular formula is C14H21BrN2O2S. The minimum atomic E-state index is -3.50. The molecule has 4 nitrogen and oxygen atoms in total. The molecule has 112 valence electrons. The summed E-state index contributed by atoms with van der Waals surface area (Å²) in [5.74, 6) is 0. The van der Waals surface area contributed by atoms with Crippen LogP contribution in [0.25, 0.3) is 0 Å². The van der Waals surface area contributed by atoms with Crippen LogP contribution in [0.1, 0.15) is 31.7 Å². The van der Waals surface area contributed by atoms with Gasteiger partial charge in [-0.1, -0.05) is 18.6 Å². The van der Waals surface area contributed by atoms with Crippen molar-refractivity contribution in [3.05, 3.63) is 28.2 Å². The second-order valence-electron chi connectivity index (χ2n) is 5.43. The van der Waals surface area contributed by atoms with E-state index in [2.05, 4.69) is 15.9 Å². The van der Waals surface area contributed by atoms with Gasteiger partial charge in [0.05, 0.1) is 4.90 Å². The Morgan fingerprint density at radius 3 is 2.75 bits per heavy atom. The van der Waals surface area contributed by atoms with Crippen molar-refractivity contribution in [3.8, 4) is 0 Å². The van der Waals surface area contributed by atoms with Crippen LogP contribution in [0, 0.1) is 6.92 Å². The molecule has 1 saturated heterocycles. The predicted molar refractivity (Wildman–Crippen MR) is 84.1 cm³/mol. The van der Waals surface area contributed by atoms with Gasteiger partial charge >= 0.3 is 0 Å². The van der Waals surface area contributed by atoms with E-state index in [1.54, 1.807) is 16.4 Å². The van der Waals surface area contributed by atoms with Crippen LogP contribution in [0.2, 0.25) is 0 Å². The molecule has 0 bridgehead atoms. The van der Waals surface area contributed by atoms with Crippen LogP contribution >= 0.6 is 15.9 Å². The Bertz CT molecular complexity index is 587. The Morgan fingerprint density at radius 1 is 1.40 bits per heavy atom. The van der Waals surface area contributed by atoms with E-state index in [1.807, 2.05) is 19.9 Å². The lowest BCUT2D eigenvalue weighted by atomic mass is 10.00. The van der Waals surface area contributed by atoms with Crippen LogP contribution < -0.4 is 5.73 Å². The molecule has 1 fully saturated rings. The third kappa shape index (κ3) is 2.93. The van der Waals surface area contributed by atoms with E-state index in [9.17, 15) is 8.42 Å². The number of nitrogens with two attached hydrogens (primary N) is 1. The Labute approximate surface area is 129 Å². The third-order valence-corrected chi connectivity index (χ3v) is 7.13. The number of nitrogens with zero attached hydrogens (tertiary/aromatic N) is 1. The van der Waals surface area contributed by atoms with Crippen molar-refractivity contribution in [1.29, 1.82) is 0 Å². The lowest BCUT2D eigenvalue weighted by Gasteiger charge is -2.37. The average molecular weight is 361 g/mol. The molecule has 0 amide bonds. The molecule has 0 aromatic heterocycles. The molecule has 2 unspecified atom stereocenters. The van der Waals surface area contributed by atoms with Gasteiger partial charge in [0.2, 0.25) is 10.0 Å². The molecule has 0 saturated carbocycles. The van der Waals surface area contributed by atoms with Crippen LogP contribution in [0.3, 0.4) is 0 Å². The second kappa shape index (κ2) is 6.13. The van der Waals surface area contributed by atoms with Crippen molar-refractivity contribution in [2.24, 2.45) is 5.73 Å². The quantitative estimate of drug-likeness (QED) is 0.900. The molecule has 0 aliphatic carbocycles. The summed E-state index contributed by atoms with van der Waals surface area (Å²) in [6, 6.07) is 5.05. The number of hydrogen-bond acceptors (Lipinski definition) is 3. The Kier molecular flexibility index (Phi) is 4.89. The first kappa shape index (κ1) is 15.9. The van der Waals surface area contributed by atoms with Gasteiger partial charge in [0.1, 0.15) is 0 Å². The summed E-state index contributed by atoms with van der Waals surface area (Å²) in [7, 11) is -3.50. The normalized spacial score (nSPS) is 22.7. The van der Waals surface area contributed by atoms with E-state index in [-0.39, 0.29) is 12.1 Å². The Morgan fingerprint density at radius 2 is 2.10 bits per heavy atom. The average Bonchev–Trinajstić information content (AvgIpc) is 2.41. The fourth-order valence-electron chi connectivity index (χ4n) is 2.70. The summed E-state index contributed by atoms with van der Waals surface area (Å²) < 4.78 is 28.1. The first-order chi connectivity index (χ1) is 9.35. The SMILES string of the molecule is Cc1cccc(S(=O)(=O)N2CCCCC2C(C)N)c1Br. The van der Waals surface area contributed by atoms with Gasteiger partial charge < -0.3 is 5.73 Å². The number of halogens is 1. The van der Waals surface area contributed by atoms with E-state index in [1.165, 1.54) is 0 Å². The molecule has 1 aromatic carbocycles. The monoisotopic (exact) mass is 360 g/mol. The molecule has 1 aromatic rings. The number of piperidine rings is 1. The molecule has 1 heterocycles. The molecular weight excluding hydrogens is 340 g/mol. The fraction of sp³-hybridized carbons (Fsp3) is 0.571. The number of sulfonamides is 1. The Hall–Kier alpha value is -0.430. The zero-order chi connectivity index (χ0) is 14.9. The van der Waals surface area contributed by atoms with Crippen molar-refractivity contribution in [3.63, 3.8) is 0 Å². The van der Waals surface area contributed by atoms with E-state index < -0.39 is 10.0 Å². The van der Waals surface area contributed by atoms with Crippen molar-refractivity contribution in [2.75, 3.05) is 6.54 Å². The van der Waals surface area contributed by atoms with Gasteiger partial charge in [0.15, 0.2) is 0 Å². The van der Waals surface area contributed by atoms with Crippen molar-refractivity contribution >= 4 is 26.0 Å². The topological polar surface area (TPSA) is 63.4 Å². The fourth-order valence-corrected chi connectivity index (χ4v) is 5.49. The van der Waals surface area contributed by atoms with Crippen LogP contribution in [-0.4, -0.2) is 31.4 Å². The molecule has 2 rings (SSSR count). The number of hydrogen-bond donors (Lipinski definition) is 1. The van der Waals surface area contributed by atoms with Gasteiger partial charge in [-0.3, -0.25) is 0 Å². The first-order valence-electron chi connectivity index (χ1n) is 6.88. The molecule has 2 atom stereocenters. The zero-order valence-corrected chi connectivity index (χ0v) is 14.2. The van der Waals surface area contributed by atoms with Crippen LogP contribution in [0.15, 0.2) is 27.6 Å². The first-order valence-corrected chi connectivity index (χ1v) is 9.11.